The summed E-state index contributed by atoms with van der Waals surface area (Å²) in [5.41, 5.74) is 3.82. The van der Waals surface area contributed by atoms with E-state index < -0.39 is 0 Å². The van der Waals surface area contributed by atoms with E-state index in [2.05, 4.69) is 10.4 Å². The van der Waals surface area contributed by atoms with Gasteiger partial charge in [0.05, 0.1) is 11.3 Å². The second kappa shape index (κ2) is 6.55. The van der Waals surface area contributed by atoms with Crippen molar-refractivity contribution in [3.8, 4) is 11.5 Å². The monoisotopic (exact) mass is 329 g/mol. The molecule has 0 spiro atoms. The molecule has 6 heteroatoms. The zero-order valence-corrected chi connectivity index (χ0v) is 14.5. The van der Waals surface area contributed by atoms with Crippen molar-refractivity contribution in [3.05, 3.63) is 40.7 Å². The van der Waals surface area contributed by atoms with Crippen LogP contribution in [-0.2, 0) is 13.5 Å². The number of benzene rings is 1. The highest BCUT2D eigenvalue weighted by atomic mass is 16.6. The van der Waals surface area contributed by atoms with E-state index in [-0.39, 0.29) is 11.9 Å². The van der Waals surface area contributed by atoms with Gasteiger partial charge in [0.15, 0.2) is 11.5 Å². The van der Waals surface area contributed by atoms with Crippen LogP contribution in [0.1, 0.15) is 34.2 Å². The van der Waals surface area contributed by atoms with Gasteiger partial charge in [-0.1, -0.05) is 6.07 Å². The number of nitrogens with zero attached hydrogens (tertiary/aromatic N) is 2. The van der Waals surface area contributed by atoms with Gasteiger partial charge in [-0.3, -0.25) is 9.48 Å². The van der Waals surface area contributed by atoms with Gasteiger partial charge in [0.1, 0.15) is 13.2 Å². The minimum Gasteiger partial charge on any atom is -0.486 e. The Morgan fingerprint density at radius 2 is 2.08 bits per heavy atom. The van der Waals surface area contributed by atoms with E-state index in [4.69, 9.17) is 9.47 Å². The molecule has 0 fully saturated rings. The van der Waals surface area contributed by atoms with Gasteiger partial charge in [-0.15, -0.1) is 0 Å². The molecule has 1 aliphatic heterocycles. The third-order valence-corrected chi connectivity index (χ3v) is 4.36. The first-order valence-electron chi connectivity index (χ1n) is 8.16. The molecule has 24 heavy (non-hydrogen) atoms. The van der Waals surface area contributed by atoms with Crippen molar-refractivity contribution in [2.24, 2.45) is 7.05 Å². The van der Waals surface area contributed by atoms with Crippen molar-refractivity contribution < 1.29 is 14.3 Å². The van der Waals surface area contributed by atoms with Crippen LogP contribution < -0.4 is 14.8 Å². The number of ether oxygens (including phenoxy) is 2. The highest BCUT2D eigenvalue weighted by Crippen LogP contribution is 2.33. The molecule has 1 atom stereocenters. The van der Waals surface area contributed by atoms with Crippen molar-refractivity contribution in [1.29, 1.82) is 0 Å². The molecule has 3 rings (SSSR count). The lowest BCUT2D eigenvalue weighted by Gasteiger charge is -2.21. The summed E-state index contributed by atoms with van der Waals surface area (Å²) < 4.78 is 13.0. The van der Waals surface area contributed by atoms with Gasteiger partial charge >= 0.3 is 0 Å². The molecule has 1 amide bonds. The lowest BCUT2D eigenvalue weighted by molar-refractivity contribution is 0.0929. The number of carbonyl (C=O) groups is 1. The van der Waals surface area contributed by atoms with Gasteiger partial charge in [0.2, 0.25) is 0 Å². The Kier molecular flexibility index (Phi) is 4.46. The van der Waals surface area contributed by atoms with Crippen LogP contribution in [0.25, 0.3) is 0 Å². The number of carbonyl (C=O) groups excluding carboxylic acids is 1. The summed E-state index contributed by atoms with van der Waals surface area (Å²) in [6.07, 6.45) is 0.740. The Labute approximate surface area is 141 Å². The van der Waals surface area contributed by atoms with E-state index in [1.54, 1.807) is 6.07 Å². The molecule has 2 aromatic rings. The minimum absolute atomic E-state index is 0.0144. The molecule has 2 heterocycles. The lowest BCUT2D eigenvalue weighted by atomic mass is 10.0. The predicted molar refractivity (Wildman–Crippen MR) is 90.7 cm³/mol. The van der Waals surface area contributed by atoms with Crippen molar-refractivity contribution in [1.82, 2.24) is 15.1 Å². The summed E-state index contributed by atoms with van der Waals surface area (Å²) >= 11 is 0. The van der Waals surface area contributed by atoms with E-state index in [0.29, 0.717) is 30.3 Å². The summed E-state index contributed by atoms with van der Waals surface area (Å²) in [6.45, 7) is 7.00. The van der Waals surface area contributed by atoms with Crippen LogP contribution in [0.3, 0.4) is 0 Å². The standard InChI is InChI=1S/C18H23N3O3/c1-11(10-15-12(2)20-21(4)13(15)3)19-18(22)14-6-5-7-16-17(14)24-9-8-23-16/h5-7,11H,8-10H2,1-4H3,(H,19,22). The van der Waals surface area contributed by atoms with Gasteiger partial charge < -0.3 is 14.8 Å². The number of hydrogen-bond acceptors (Lipinski definition) is 4. The van der Waals surface area contributed by atoms with Gasteiger partial charge in [-0.25, -0.2) is 0 Å². The number of hydrogen-bond donors (Lipinski definition) is 1. The highest BCUT2D eigenvalue weighted by molar-refractivity contribution is 5.98. The molecule has 1 aromatic carbocycles. The van der Waals surface area contributed by atoms with Gasteiger partial charge in [0.25, 0.3) is 5.91 Å². The average molecular weight is 329 g/mol. The first-order chi connectivity index (χ1) is 11.5. The predicted octanol–water partition coefficient (Wildman–Crippen LogP) is 2.17. The van der Waals surface area contributed by atoms with E-state index in [9.17, 15) is 4.79 Å². The van der Waals surface area contributed by atoms with Crippen LogP contribution in [0.4, 0.5) is 0 Å². The first kappa shape index (κ1) is 16.4. The summed E-state index contributed by atoms with van der Waals surface area (Å²) in [7, 11) is 1.93. The zero-order chi connectivity index (χ0) is 17.3. The maximum Gasteiger partial charge on any atom is 0.255 e. The van der Waals surface area contributed by atoms with Crippen LogP contribution in [0.5, 0.6) is 11.5 Å². The molecular weight excluding hydrogens is 306 g/mol. The fourth-order valence-electron chi connectivity index (χ4n) is 3.02. The Hall–Kier alpha value is -2.50. The topological polar surface area (TPSA) is 65.4 Å². The van der Waals surface area contributed by atoms with Crippen molar-refractivity contribution in [2.45, 2.75) is 33.2 Å². The number of fused-ring (bicyclic) bond motifs is 1. The number of aromatic nitrogens is 2. The minimum atomic E-state index is -0.149. The Morgan fingerprint density at radius 1 is 1.33 bits per heavy atom. The largest absolute Gasteiger partial charge is 0.486 e. The Morgan fingerprint density at radius 3 is 2.79 bits per heavy atom. The van der Waals surface area contributed by atoms with Crippen LogP contribution in [0.2, 0.25) is 0 Å². The third-order valence-electron chi connectivity index (χ3n) is 4.36. The van der Waals surface area contributed by atoms with Gasteiger partial charge in [-0.2, -0.15) is 5.10 Å². The number of para-hydroxylation sites is 1. The second-order valence-electron chi connectivity index (χ2n) is 6.18. The number of nitrogens with one attached hydrogen (secondary N) is 1. The molecular formula is C18H23N3O3. The second-order valence-corrected chi connectivity index (χ2v) is 6.18. The molecule has 0 saturated heterocycles. The Balaban J connectivity index is 1.73. The maximum absolute atomic E-state index is 12.6. The molecule has 128 valence electrons. The molecule has 1 N–H and O–H groups in total. The van der Waals surface area contributed by atoms with Crippen molar-refractivity contribution in [3.63, 3.8) is 0 Å². The highest BCUT2D eigenvalue weighted by Gasteiger charge is 2.22. The molecule has 1 aromatic heterocycles. The van der Waals surface area contributed by atoms with Crippen LogP contribution >= 0.6 is 0 Å². The third kappa shape index (κ3) is 3.09. The summed E-state index contributed by atoms with van der Waals surface area (Å²) in [5.74, 6) is 1.01. The van der Waals surface area contributed by atoms with Gasteiger partial charge in [-0.05, 0) is 44.9 Å². The molecule has 0 aliphatic carbocycles. The number of aryl methyl sites for hydroxylation is 2. The molecule has 0 bridgehead atoms. The van der Waals surface area contributed by atoms with Crippen LogP contribution in [0, 0.1) is 13.8 Å². The molecule has 1 aliphatic rings. The lowest BCUT2D eigenvalue weighted by Crippen LogP contribution is -2.35. The van der Waals surface area contributed by atoms with E-state index in [1.807, 2.05) is 44.6 Å². The fourth-order valence-corrected chi connectivity index (χ4v) is 3.02. The quantitative estimate of drug-likeness (QED) is 0.934. The van der Waals surface area contributed by atoms with E-state index >= 15 is 0 Å². The number of rotatable bonds is 4. The normalized spacial score (nSPS) is 14.3. The van der Waals surface area contributed by atoms with Crippen molar-refractivity contribution in [2.75, 3.05) is 13.2 Å². The summed E-state index contributed by atoms with van der Waals surface area (Å²) in [4.78, 5) is 12.6. The molecule has 0 saturated carbocycles. The smallest absolute Gasteiger partial charge is 0.255 e. The zero-order valence-electron chi connectivity index (χ0n) is 14.5. The fraction of sp³-hybridized carbons (Fsp3) is 0.444. The summed E-state index contributed by atoms with van der Waals surface area (Å²) in [5, 5.41) is 7.47. The molecule has 1 unspecified atom stereocenters. The van der Waals surface area contributed by atoms with Crippen LogP contribution in [-0.4, -0.2) is 34.9 Å². The number of amides is 1. The first-order valence-corrected chi connectivity index (χ1v) is 8.16. The SMILES string of the molecule is Cc1nn(C)c(C)c1CC(C)NC(=O)c1cccc2c1OCCO2. The van der Waals surface area contributed by atoms with Gasteiger partial charge in [0, 0.05) is 18.8 Å². The summed E-state index contributed by atoms with van der Waals surface area (Å²) in [6, 6.07) is 5.37. The average Bonchev–Trinajstić information content (AvgIpc) is 2.80. The maximum atomic E-state index is 12.6. The van der Waals surface area contributed by atoms with Crippen LogP contribution in [0.15, 0.2) is 18.2 Å². The Bertz CT molecular complexity index is 767. The van der Waals surface area contributed by atoms with Crippen molar-refractivity contribution >= 4 is 5.91 Å². The van der Waals surface area contributed by atoms with E-state index in [0.717, 1.165) is 17.8 Å². The molecule has 0 radical (unpaired) electrons. The molecule has 6 nitrogen and oxygen atoms in total. The van der Waals surface area contributed by atoms with E-state index in [1.165, 1.54) is 5.56 Å².